The van der Waals surface area contributed by atoms with Crippen molar-refractivity contribution in [1.29, 1.82) is 0 Å². The van der Waals surface area contributed by atoms with Gasteiger partial charge in [0.25, 0.3) is 0 Å². The minimum Gasteiger partial charge on any atom is -0.479 e. The van der Waals surface area contributed by atoms with Crippen LogP contribution >= 0.6 is 0 Å². The van der Waals surface area contributed by atoms with Crippen LogP contribution in [0.5, 0.6) is 0 Å². The van der Waals surface area contributed by atoms with Crippen LogP contribution in [0.4, 0.5) is 9.59 Å². The molecule has 3 amide bonds. The van der Waals surface area contributed by atoms with Gasteiger partial charge in [0.1, 0.15) is 23.3 Å². The van der Waals surface area contributed by atoms with Gasteiger partial charge in [-0.05, 0) is 75.1 Å². The second-order valence-electron chi connectivity index (χ2n) is 16.3. The van der Waals surface area contributed by atoms with Crippen molar-refractivity contribution in [2.45, 2.75) is 90.1 Å². The number of amides is 3. The van der Waals surface area contributed by atoms with Crippen LogP contribution in [0.25, 0.3) is 33.6 Å². The van der Waals surface area contributed by atoms with Crippen LogP contribution in [-0.4, -0.2) is 104 Å². The maximum atomic E-state index is 13.7. The molecule has 2 aromatic heterocycles. The molecule has 15 nitrogen and oxygen atoms in total. The van der Waals surface area contributed by atoms with E-state index >= 15 is 0 Å². The molecule has 2 fully saturated rings. The number of likely N-dealkylation sites (tertiary alicyclic amines) is 2. The number of carbonyl (C=O) groups is 4. The van der Waals surface area contributed by atoms with Crippen LogP contribution in [0, 0.1) is 11.8 Å². The number of nitrogens with zero attached hydrogens (tertiary/aromatic N) is 4. The molecule has 0 spiro atoms. The number of aromatic nitrogens is 4. The Morgan fingerprint density at radius 1 is 0.912 bits per heavy atom. The quantitative estimate of drug-likeness (QED) is 0.127. The Kier molecular flexibility index (Phi) is 11.8. The van der Waals surface area contributed by atoms with Gasteiger partial charge in [-0.25, -0.2) is 24.4 Å². The number of ether oxygens (including phenoxy) is 3. The highest BCUT2D eigenvalue weighted by Gasteiger charge is 2.58. The number of H-pyrrole nitrogens is 2. The Bertz CT molecular complexity index is 2070. The van der Waals surface area contributed by atoms with Gasteiger partial charge in [-0.1, -0.05) is 62.4 Å². The summed E-state index contributed by atoms with van der Waals surface area (Å²) in [6.07, 6.45) is 3.68. The summed E-state index contributed by atoms with van der Waals surface area (Å²) in [6, 6.07) is 14.9. The molecule has 4 aromatic rings. The van der Waals surface area contributed by atoms with Gasteiger partial charge in [0, 0.05) is 25.6 Å². The fraction of sp³-hybridized carbons (Fsp3) is 0.476. The van der Waals surface area contributed by atoms with Crippen molar-refractivity contribution < 1.29 is 38.5 Å². The van der Waals surface area contributed by atoms with Crippen molar-refractivity contribution in [2.24, 2.45) is 11.8 Å². The highest BCUT2D eigenvalue weighted by atomic mass is 16.6. The molecule has 4 N–H and O–H groups in total. The SMILES string of the molecule is COC[C@@H]1CN(C(=O)OC(C)(C)C)[C@](C(=O)O)(c2ncc(-c3ccc(-c4ccc(-c5cnc([C@@H]6CC[C@H](C)N6C(=O)[C@@H](NC(=O)OC)C(C)C)[nH]5)cc4)cc3)[nH]2)C1. The molecule has 0 radical (unpaired) electrons. The first kappa shape index (κ1) is 40.9. The number of nitrogens with one attached hydrogen (secondary N) is 3. The lowest BCUT2D eigenvalue weighted by Gasteiger charge is -2.34. The standard InChI is InChI=1S/C42H53N7O8/c1-24(2)34(47-39(53)56-8)36(50)49-25(3)9-18-33(49)35-43-20-31(45-35)29-14-10-27(11-15-29)28-12-16-30(17-13-28)32-21-44-37(46-32)42(38(51)52)19-26(23-55-7)22-48(42)40(54)57-41(4,5)6/h10-17,20-21,24-26,33-34H,9,18-19,22-23H2,1-8H3,(H,43,45)(H,44,46)(H,47,53)(H,51,52)/t25-,26-,33-,34-,42-/m0/s1. The zero-order valence-electron chi connectivity index (χ0n) is 33.8. The van der Waals surface area contributed by atoms with E-state index in [4.69, 9.17) is 14.2 Å². The maximum Gasteiger partial charge on any atom is 0.411 e. The van der Waals surface area contributed by atoms with E-state index in [1.165, 1.54) is 12.0 Å². The molecule has 6 rings (SSSR count). The Morgan fingerprint density at radius 3 is 2.04 bits per heavy atom. The van der Waals surface area contributed by atoms with Crippen molar-refractivity contribution in [2.75, 3.05) is 27.4 Å². The zero-order valence-corrected chi connectivity index (χ0v) is 33.8. The van der Waals surface area contributed by atoms with Gasteiger partial charge < -0.3 is 39.5 Å². The zero-order chi connectivity index (χ0) is 41.2. The molecule has 2 aromatic carbocycles. The molecule has 0 saturated carbocycles. The molecule has 5 atom stereocenters. The summed E-state index contributed by atoms with van der Waals surface area (Å²) in [5.74, 6) is -0.885. The molecule has 0 aliphatic carbocycles. The fourth-order valence-electron chi connectivity index (χ4n) is 7.93. The third-order valence-corrected chi connectivity index (χ3v) is 10.8. The molecule has 2 aliphatic rings. The van der Waals surface area contributed by atoms with Gasteiger partial charge in [0.2, 0.25) is 11.4 Å². The molecule has 15 heteroatoms. The smallest absolute Gasteiger partial charge is 0.411 e. The van der Waals surface area contributed by atoms with Crippen LogP contribution in [0.15, 0.2) is 60.9 Å². The Hall–Kier alpha value is -5.70. The van der Waals surface area contributed by atoms with E-state index in [-0.39, 0.29) is 55.2 Å². The van der Waals surface area contributed by atoms with Gasteiger partial charge in [0.15, 0.2) is 0 Å². The summed E-state index contributed by atoms with van der Waals surface area (Å²) in [7, 11) is 2.83. The fourth-order valence-corrected chi connectivity index (χ4v) is 7.93. The monoisotopic (exact) mass is 783 g/mol. The highest BCUT2D eigenvalue weighted by molar-refractivity contribution is 5.87. The number of methoxy groups -OCH3 is 2. The third-order valence-electron chi connectivity index (χ3n) is 10.8. The van der Waals surface area contributed by atoms with Crippen molar-refractivity contribution in [1.82, 2.24) is 35.1 Å². The van der Waals surface area contributed by atoms with E-state index in [9.17, 15) is 24.3 Å². The number of hydrogen-bond acceptors (Lipinski definition) is 9. The number of rotatable bonds is 11. The average molecular weight is 784 g/mol. The number of carboxylic acids is 1. The van der Waals surface area contributed by atoms with Gasteiger partial charge in [-0.15, -0.1) is 0 Å². The molecule has 2 saturated heterocycles. The predicted octanol–water partition coefficient (Wildman–Crippen LogP) is 6.75. The van der Waals surface area contributed by atoms with Crippen LogP contribution in [0.2, 0.25) is 0 Å². The first-order valence-electron chi connectivity index (χ1n) is 19.3. The Morgan fingerprint density at radius 2 is 1.49 bits per heavy atom. The van der Waals surface area contributed by atoms with Crippen LogP contribution < -0.4 is 5.32 Å². The number of carboxylic acid groups (broad SMARTS) is 1. The lowest BCUT2D eigenvalue weighted by atomic mass is 9.91. The molecule has 2 aliphatic heterocycles. The number of aliphatic carboxylic acids is 1. The minimum absolute atomic E-state index is 0.0187. The number of carbonyl (C=O) groups excluding carboxylic acids is 3. The largest absolute Gasteiger partial charge is 0.479 e. The van der Waals surface area contributed by atoms with E-state index in [2.05, 4.69) is 25.3 Å². The molecule has 304 valence electrons. The van der Waals surface area contributed by atoms with Gasteiger partial charge in [0.05, 0.1) is 43.5 Å². The molecular weight excluding hydrogens is 731 g/mol. The molecule has 57 heavy (non-hydrogen) atoms. The lowest BCUT2D eigenvalue weighted by Crippen LogP contribution is -2.52. The van der Waals surface area contributed by atoms with Gasteiger partial charge >= 0.3 is 18.2 Å². The lowest BCUT2D eigenvalue weighted by molar-refractivity contribution is -0.150. The normalized spacial score (nSPS) is 21.5. The number of alkyl carbamates (subject to hydrolysis) is 1. The van der Waals surface area contributed by atoms with Gasteiger partial charge in [-0.3, -0.25) is 9.69 Å². The topological polar surface area (TPSA) is 192 Å². The second-order valence-corrected chi connectivity index (χ2v) is 16.3. The van der Waals surface area contributed by atoms with Crippen molar-refractivity contribution in [3.05, 3.63) is 72.6 Å². The maximum absolute atomic E-state index is 13.7. The number of hydrogen-bond donors (Lipinski definition) is 4. The minimum atomic E-state index is -1.76. The Balaban J connectivity index is 1.17. The van der Waals surface area contributed by atoms with Crippen LogP contribution in [-0.2, 0) is 29.3 Å². The first-order chi connectivity index (χ1) is 27.1. The summed E-state index contributed by atoms with van der Waals surface area (Å²) >= 11 is 0. The summed E-state index contributed by atoms with van der Waals surface area (Å²) < 4.78 is 15.7. The predicted molar refractivity (Wildman–Crippen MR) is 212 cm³/mol. The van der Waals surface area contributed by atoms with Crippen molar-refractivity contribution >= 4 is 24.1 Å². The van der Waals surface area contributed by atoms with E-state index < -0.39 is 35.3 Å². The Labute approximate surface area is 332 Å². The number of imidazole rings is 2. The summed E-state index contributed by atoms with van der Waals surface area (Å²) in [4.78, 5) is 71.1. The molecular formula is C42H53N7O8. The van der Waals surface area contributed by atoms with E-state index in [1.807, 2.05) is 74.2 Å². The van der Waals surface area contributed by atoms with E-state index in [0.29, 0.717) is 11.5 Å². The van der Waals surface area contributed by atoms with E-state index in [1.54, 1.807) is 40.3 Å². The van der Waals surface area contributed by atoms with Crippen molar-refractivity contribution in [3.8, 4) is 33.6 Å². The molecule has 0 bridgehead atoms. The highest BCUT2D eigenvalue weighted by Crippen LogP contribution is 2.43. The van der Waals surface area contributed by atoms with E-state index in [0.717, 1.165) is 40.8 Å². The van der Waals surface area contributed by atoms with Crippen LogP contribution in [0.3, 0.4) is 0 Å². The first-order valence-corrected chi connectivity index (χ1v) is 19.3. The third kappa shape index (κ3) is 8.38. The van der Waals surface area contributed by atoms with Crippen molar-refractivity contribution in [3.63, 3.8) is 0 Å². The second kappa shape index (κ2) is 16.4. The number of benzene rings is 2. The molecule has 4 heterocycles. The summed E-state index contributed by atoms with van der Waals surface area (Å²) in [6.45, 7) is 11.4. The molecule has 0 unspecified atom stereocenters. The summed E-state index contributed by atoms with van der Waals surface area (Å²) in [5, 5.41) is 13.3. The van der Waals surface area contributed by atoms with Gasteiger partial charge in [-0.2, -0.15) is 0 Å². The average Bonchev–Trinajstić information content (AvgIpc) is 3.99. The van der Waals surface area contributed by atoms with Crippen LogP contribution in [0.1, 0.15) is 78.5 Å². The number of aromatic amines is 2. The summed E-state index contributed by atoms with van der Waals surface area (Å²) in [5.41, 5.74) is 2.55.